The van der Waals surface area contributed by atoms with Gasteiger partial charge in [-0.1, -0.05) is 12.1 Å². The fraction of sp³-hybridized carbons (Fsp3) is 0.517. The van der Waals surface area contributed by atoms with Crippen molar-refractivity contribution >= 4 is 11.8 Å². The van der Waals surface area contributed by atoms with E-state index in [4.69, 9.17) is 9.47 Å². The van der Waals surface area contributed by atoms with Gasteiger partial charge in [0.15, 0.2) is 11.5 Å². The lowest BCUT2D eigenvalue weighted by Crippen LogP contribution is -2.42. The van der Waals surface area contributed by atoms with E-state index in [0.29, 0.717) is 55.5 Å². The Hall–Kier alpha value is -3.23. The zero-order chi connectivity index (χ0) is 26.9. The highest BCUT2D eigenvalue weighted by atomic mass is 19.4. The molecule has 1 saturated heterocycles. The van der Waals surface area contributed by atoms with Crippen molar-refractivity contribution in [3.8, 4) is 11.5 Å². The zero-order valence-corrected chi connectivity index (χ0v) is 21.5. The molecule has 0 radical (unpaired) electrons. The number of alkyl halides is 3. The number of halogens is 3. The minimum atomic E-state index is -4.58. The van der Waals surface area contributed by atoms with Gasteiger partial charge in [-0.25, -0.2) is 0 Å². The number of nitrogens with one attached hydrogen (secondary N) is 1. The molecule has 1 spiro atoms. The Bertz CT molecular complexity index is 1190. The molecule has 2 saturated carbocycles. The Morgan fingerprint density at radius 1 is 1.03 bits per heavy atom. The molecule has 0 atom stereocenters. The van der Waals surface area contributed by atoms with Gasteiger partial charge >= 0.3 is 6.18 Å². The van der Waals surface area contributed by atoms with Crippen LogP contribution in [0.5, 0.6) is 11.5 Å². The summed E-state index contributed by atoms with van der Waals surface area (Å²) >= 11 is 0. The van der Waals surface area contributed by atoms with Crippen LogP contribution in [0.3, 0.4) is 0 Å². The Kier molecular flexibility index (Phi) is 7.29. The number of benzene rings is 2. The molecule has 204 valence electrons. The van der Waals surface area contributed by atoms with Crippen molar-refractivity contribution in [3.05, 3.63) is 59.2 Å². The maximum absolute atomic E-state index is 13.3. The van der Waals surface area contributed by atoms with E-state index < -0.39 is 17.6 Å². The first kappa shape index (κ1) is 26.4. The Balaban J connectivity index is 1.17. The van der Waals surface area contributed by atoms with Crippen molar-refractivity contribution in [1.29, 1.82) is 0 Å². The van der Waals surface area contributed by atoms with Gasteiger partial charge in [-0.05, 0) is 86.6 Å². The highest BCUT2D eigenvalue weighted by Crippen LogP contribution is 2.44. The molecule has 38 heavy (non-hydrogen) atoms. The van der Waals surface area contributed by atoms with Gasteiger partial charge in [-0.3, -0.25) is 9.59 Å². The van der Waals surface area contributed by atoms with Gasteiger partial charge in [0.25, 0.3) is 11.8 Å². The number of likely N-dealkylation sites (tertiary alicyclic amines) is 1. The smallest absolute Gasteiger partial charge is 0.417 e. The summed E-state index contributed by atoms with van der Waals surface area (Å²) in [5, 5.41) is 2.81. The van der Waals surface area contributed by atoms with E-state index in [2.05, 4.69) is 5.32 Å². The highest BCUT2D eigenvalue weighted by Gasteiger charge is 2.43. The van der Waals surface area contributed by atoms with E-state index >= 15 is 0 Å². The maximum atomic E-state index is 13.3. The lowest BCUT2D eigenvalue weighted by molar-refractivity contribution is -0.137. The normalized spacial score (nSPS) is 23.4. The molecule has 2 aliphatic carbocycles. The van der Waals surface area contributed by atoms with Crippen LogP contribution in [0.4, 0.5) is 13.2 Å². The predicted octanol–water partition coefficient (Wildman–Crippen LogP) is 5.71. The highest BCUT2D eigenvalue weighted by molar-refractivity contribution is 5.96. The van der Waals surface area contributed by atoms with E-state index in [-0.39, 0.29) is 22.9 Å². The van der Waals surface area contributed by atoms with Gasteiger partial charge in [-0.15, -0.1) is 0 Å². The monoisotopic (exact) mass is 530 g/mol. The van der Waals surface area contributed by atoms with Crippen LogP contribution in [0, 0.1) is 11.3 Å². The first-order chi connectivity index (χ1) is 18.2. The lowest BCUT2D eigenvalue weighted by Gasteiger charge is -2.37. The summed E-state index contributed by atoms with van der Waals surface area (Å²) in [4.78, 5) is 27.9. The molecule has 0 unspecified atom stereocenters. The van der Waals surface area contributed by atoms with Crippen LogP contribution < -0.4 is 14.8 Å². The first-order valence-corrected chi connectivity index (χ1v) is 13.2. The van der Waals surface area contributed by atoms with Crippen LogP contribution in [0.2, 0.25) is 0 Å². The molecule has 0 bridgehead atoms. The summed E-state index contributed by atoms with van der Waals surface area (Å²) in [5.74, 6) is 1.04. The minimum Gasteiger partial charge on any atom is -0.493 e. The number of carbonyl (C=O) groups excluding carboxylic acids is 2. The number of hydrogen-bond donors (Lipinski definition) is 1. The molecule has 5 rings (SSSR count). The van der Waals surface area contributed by atoms with E-state index in [1.54, 1.807) is 25.3 Å². The minimum absolute atomic E-state index is 0.0292. The second-order valence-corrected chi connectivity index (χ2v) is 10.9. The van der Waals surface area contributed by atoms with E-state index in [1.807, 2.05) is 4.90 Å². The fourth-order valence-electron chi connectivity index (χ4n) is 5.68. The largest absolute Gasteiger partial charge is 0.493 e. The molecule has 9 heteroatoms. The maximum Gasteiger partial charge on any atom is 0.417 e. The Labute approximate surface area is 220 Å². The van der Waals surface area contributed by atoms with Crippen LogP contribution in [-0.2, 0) is 6.18 Å². The van der Waals surface area contributed by atoms with Crippen molar-refractivity contribution < 1.29 is 32.2 Å². The van der Waals surface area contributed by atoms with Crippen LogP contribution >= 0.6 is 0 Å². The quantitative estimate of drug-likeness (QED) is 0.498. The standard InChI is InChI=1S/C29H33F3N2O4/c1-37-24-9-8-20(16-25(24)38-17-19-6-7-19)27(36)34-15-14-28(18-34)12-10-21(11-13-28)33-26(35)22-4-2-3-5-23(22)29(30,31)32/h2-5,8-9,16,19,21H,6-7,10-15,17-18H2,1H3,(H,33,35). The third kappa shape index (κ3) is 5.76. The molecule has 2 aromatic rings. The van der Waals surface area contributed by atoms with Crippen molar-refractivity contribution in [2.45, 2.75) is 57.2 Å². The van der Waals surface area contributed by atoms with E-state index in [0.717, 1.165) is 25.3 Å². The van der Waals surface area contributed by atoms with Crippen molar-refractivity contribution in [2.75, 3.05) is 26.8 Å². The summed E-state index contributed by atoms with van der Waals surface area (Å²) in [7, 11) is 1.58. The fourth-order valence-corrected chi connectivity index (χ4v) is 5.68. The Morgan fingerprint density at radius 3 is 2.45 bits per heavy atom. The second-order valence-electron chi connectivity index (χ2n) is 10.9. The number of carbonyl (C=O) groups is 2. The van der Waals surface area contributed by atoms with Gasteiger partial charge in [0.1, 0.15) is 0 Å². The van der Waals surface area contributed by atoms with Crippen LogP contribution in [0.1, 0.15) is 71.2 Å². The molecule has 2 amide bonds. The molecule has 3 fully saturated rings. The molecule has 3 aliphatic rings. The van der Waals surface area contributed by atoms with Gasteiger partial charge in [-0.2, -0.15) is 13.2 Å². The number of rotatable bonds is 7. The second kappa shape index (κ2) is 10.5. The van der Waals surface area contributed by atoms with E-state index in [9.17, 15) is 22.8 Å². The molecular formula is C29H33F3N2O4. The third-order valence-electron chi connectivity index (χ3n) is 8.17. The predicted molar refractivity (Wildman–Crippen MR) is 135 cm³/mol. The van der Waals surface area contributed by atoms with Crippen LogP contribution in [0.15, 0.2) is 42.5 Å². The van der Waals surface area contributed by atoms with Crippen molar-refractivity contribution in [1.82, 2.24) is 10.2 Å². The van der Waals surface area contributed by atoms with Gasteiger partial charge in [0, 0.05) is 24.7 Å². The third-order valence-corrected chi connectivity index (χ3v) is 8.17. The summed E-state index contributed by atoms with van der Waals surface area (Å²) in [6, 6.07) is 9.98. The SMILES string of the molecule is COc1ccc(C(=O)N2CCC3(CCC(NC(=O)c4ccccc4C(F)(F)F)CC3)C2)cc1OCC1CC1. The summed E-state index contributed by atoms with van der Waals surface area (Å²) in [6.45, 7) is 1.91. The van der Waals surface area contributed by atoms with Crippen LogP contribution in [-0.4, -0.2) is 49.6 Å². The average molecular weight is 531 g/mol. The molecular weight excluding hydrogens is 497 g/mol. The number of amides is 2. The molecule has 1 heterocycles. The molecule has 1 N–H and O–H groups in total. The summed E-state index contributed by atoms with van der Waals surface area (Å²) in [5.41, 5.74) is -0.733. The van der Waals surface area contributed by atoms with Gasteiger partial charge < -0.3 is 19.7 Å². The topological polar surface area (TPSA) is 67.9 Å². The number of nitrogens with zero attached hydrogens (tertiary/aromatic N) is 1. The van der Waals surface area contributed by atoms with Gasteiger partial charge in [0.05, 0.1) is 24.8 Å². The van der Waals surface area contributed by atoms with Crippen LogP contribution in [0.25, 0.3) is 0 Å². The molecule has 0 aromatic heterocycles. The summed E-state index contributed by atoms with van der Waals surface area (Å²) < 4.78 is 51.3. The zero-order valence-electron chi connectivity index (χ0n) is 21.5. The average Bonchev–Trinajstić information content (AvgIpc) is 3.66. The molecule has 6 nitrogen and oxygen atoms in total. The number of hydrogen-bond acceptors (Lipinski definition) is 4. The summed E-state index contributed by atoms with van der Waals surface area (Å²) in [6.07, 6.45) is 1.58. The van der Waals surface area contributed by atoms with Crippen molar-refractivity contribution in [3.63, 3.8) is 0 Å². The number of ether oxygens (including phenoxy) is 2. The number of methoxy groups -OCH3 is 1. The first-order valence-electron chi connectivity index (χ1n) is 13.2. The Morgan fingerprint density at radius 2 is 1.76 bits per heavy atom. The van der Waals surface area contributed by atoms with Gasteiger partial charge in [0.2, 0.25) is 0 Å². The molecule has 1 aliphatic heterocycles. The van der Waals surface area contributed by atoms with Crippen molar-refractivity contribution in [2.24, 2.45) is 11.3 Å². The van der Waals surface area contributed by atoms with E-state index in [1.165, 1.54) is 31.0 Å². The molecule has 2 aromatic carbocycles. The lowest BCUT2D eigenvalue weighted by atomic mass is 9.72.